The third-order valence-corrected chi connectivity index (χ3v) is 4.35. The summed E-state index contributed by atoms with van der Waals surface area (Å²) in [4.78, 5) is 24.5. The van der Waals surface area contributed by atoms with E-state index in [4.69, 9.17) is 16.3 Å². The molecule has 0 saturated carbocycles. The molecule has 7 heteroatoms. The number of amides is 2. The summed E-state index contributed by atoms with van der Waals surface area (Å²) in [7, 11) is 1.59. The van der Waals surface area contributed by atoms with E-state index >= 15 is 0 Å². The molecule has 2 amide bonds. The minimum absolute atomic E-state index is 0.322. The summed E-state index contributed by atoms with van der Waals surface area (Å²) in [6.07, 6.45) is 1.54. The van der Waals surface area contributed by atoms with Gasteiger partial charge in [0.2, 0.25) is 0 Å². The smallest absolute Gasteiger partial charge is 0.271 e. The second-order valence-electron chi connectivity index (χ2n) is 5.98. The van der Waals surface area contributed by atoms with Crippen LogP contribution in [0.15, 0.2) is 77.9 Å². The molecule has 0 saturated heterocycles. The van der Waals surface area contributed by atoms with Gasteiger partial charge in [0.05, 0.1) is 23.9 Å². The lowest BCUT2D eigenvalue weighted by atomic mass is 10.1. The van der Waals surface area contributed by atoms with Crippen molar-refractivity contribution in [1.29, 1.82) is 0 Å². The van der Waals surface area contributed by atoms with Crippen molar-refractivity contribution in [3.8, 4) is 5.75 Å². The van der Waals surface area contributed by atoms with E-state index in [-0.39, 0.29) is 11.8 Å². The number of hydrogen-bond acceptors (Lipinski definition) is 4. The van der Waals surface area contributed by atoms with Crippen LogP contribution < -0.4 is 15.5 Å². The van der Waals surface area contributed by atoms with Crippen LogP contribution in [0.1, 0.15) is 26.3 Å². The molecule has 0 spiro atoms. The fourth-order valence-corrected chi connectivity index (χ4v) is 2.69. The normalized spacial score (nSPS) is 10.6. The third kappa shape index (κ3) is 5.43. The van der Waals surface area contributed by atoms with Crippen molar-refractivity contribution in [1.82, 2.24) is 5.43 Å². The first-order chi connectivity index (χ1) is 14.1. The highest BCUT2D eigenvalue weighted by molar-refractivity contribution is 6.34. The number of benzene rings is 3. The van der Waals surface area contributed by atoms with Gasteiger partial charge in [-0.2, -0.15) is 5.10 Å². The number of methoxy groups -OCH3 is 1. The van der Waals surface area contributed by atoms with Gasteiger partial charge in [0.1, 0.15) is 5.75 Å². The van der Waals surface area contributed by atoms with Crippen LogP contribution >= 0.6 is 11.6 Å². The lowest BCUT2D eigenvalue weighted by molar-refractivity contribution is 0.0954. The molecule has 0 unspecified atom stereocenters. The van der Waals surface area contributed by atoms with Crippen molar-refractivity contribution in [2.75, 3.05) is 12.4 Å². The van der Waals surface area contributed by atoms with Gasteiger partial charge in [0.25, 0.3) is 11.8 Å². The maximum atomic E-state index is 12.3. The zero-order chi connectivity index (χ0) is 20.6. The Kier molecular flexibility index (Phi) is 6.60. The summed E-state index contributed by atoms with van der Waals surface area (Å²) in [5.41, 5.74) is 4.62. The van der Waals surface area contributed by atoms with Gasteiger partial charge in [-0.15, -0.1) is 0 Å². The van der Waals surface area contributed by atoms with Crippen molar-refractivity contribution in [2.24, 2.45) is 5.10 Å². The molecular weight excluding hydrogens is 390 g/mol. The average Bonchev–Trinajstić information content (AvgIpc) is 2.75. The number of anilines is 1. The van der Waals surface area contributed by atoms with E-state index in [2.05, 4.69) is 15.8 Å². The van der Waals surface area contributed by atoms with Crippen LogP contribution in [0.5, 0.6) is 5.75 Å². The molecule has 2 N–H and O–H groups in total. The van der Waals surface area contributed by atoms with E-state index in [1.54, 1.807) is 67.8 Å². The molecule has 0 radical (unpaired) electrons. The third-order valence-electron chi connectivity index (χ3n) is 4.02. The van der Waals surface area contributed by atoms with Crippen LogP contribution in [0, 0.1) is 0 Å². The van der Waals surface area contributed by atoms with Gasteiger partial charge in [-0.3, -0.25) is 9.59 Å². The molecule has 6 nitrogen and oxygen atoms in total. The van der Waals surface area contributed by atoms with Gasteiger partial charge >= 0.3 is 0 Å². The monoisotopic (exact) mass is 407 g/mol. The van der Waals surface area contributed by atoms with Gasteiger partial charge in [-0.25, -0.2) is 5.43 Å². The Labute approximate surface area is 173 Å². The van der Waals surface area contributed by atoms with Crippen LogP contribution in [-0.4, -0.2) is 25.1 Å². The van der Waals surface area contributed by atoms with Crippen molar-refractivity contribution in [3.63, 3.8) is 0 Å². The largest absolute Gasteiger partial charge is 0.497 e. The van der Waals surface area contributed by atoms with Crippen LogP contribution in [0.25, 0.3) is 0 Å². The summed E-state index contributed by atoms with van der Waals surface area (Å²) >= 11 is 6.03. The topological polar surface area (TPSA) is 79.8 Å². The van der Waals surface area contributed by atoms with Gasteiger partial charge in [-0.1, -0.05) is 23.7 Å². The summed E-state index contributed by atoms with van der Waals surface area (Å²) in [6, 6.07) is 20.5. The van der Waals surface area contributed by atoms with E-state index in [0.29, 0.717) is 21.8 Å². The maximum Gasteiger partial charge on any atom is 0.271 e. The first-order valence-corrected chi connectivity index (χ1v) is 9.08. The van der Waals surface area contributed by atoms with E-state index in [1.807, 2.05) is 12.1 Å². The molecular formula is C22H18ClN3O3. The Bertz CT molecular complexity index is 1030. The van der Waals surface area contributed by atoms with Crippen molar-refractivity contribution in [2.45, 2.75) is 0 Å². The highest BCUT2D eigenvalue weighted by Gasteiger charge is 2.10. The Morgan fingerprint density at radius 1 is 0.931 bits per heavy atom. The summed E-state index contributed by atoms with van der Waals surface area (Å²) in [6.45, 7) is 0. The predicted octanol–water partition coefficient (Wildman–Crippen LogP) is 4.36. The number of nitrogens with one attached hydrogen (secondary N) is 2. The van der Waals surface area contributed by atoms with Crippen LogP contribution in [-0.2, 0) is 0 Å². The lowest BCUT2D eigenvalue weighted by Gasteiger charge is -2.07. The Morgan fingerprint density at radius 3 is 2.28 bits per heavy atom. The quantitative estimate of drug-likeness (QED) is 0.470. The second-order valence-corrected chi connectivity index (χ2v) is 6.39. The van der Waals surface area contributed by atoms with Gasteiger partial charge < -0.3 is 10.1 Å². The van der Waals surface area contributed by atoms with E-state index < -0.39 is 0 Å². The number of halogens is 1. The Morgan fingerprint density at radius 2 is 1.62 bits per heavy atom. The van der Waals surface area contributed by atoms with Crippen LogP contribution in [0.4, 0.5) is 5.69 Å². The number of hydrogen-bond donors (Lipinski definition) is 2. The van der Waals surface area contributed by atoms with E-state index in [1.165, 1.54) is 6.21 Å². The van der Waals surface area contributed by atoms with Gasteiger partial charge in [0.15, 0.2) is 0 Å². The van der Waals surface area contributed by atoms with Crippen molar-refractivity contribution >= 4 is 35.3 Å². The molecule has 0 aliphatic rings. The lowest BCUT2D eigenvalue weighted by Crippen LogP contribution is -2.18. The molecule has 146 valence electrons. The Balaban J connectivity index is 1.57. The molecule has 0 heterocycles. The van der Waals surface area contributed by atoms with Crippen LogP contribution in [0.3, 0.4) is 0 Å². The molecule has 0 aromatic heterocycles. The fourth-order valence-electron chi connectivity index (χ4n) is 2.47. The Hall–Kier alpha value is -3.64. The SMILES string of the molecule is COc1ccc(/C=N/NC(=O)c2ccc(NC(=O)c3ccccc3Cl)cc2)cc1. The van der Waals surface area contributed by atoms with Gasteiger partial charge in [-0.05, 0) is 66.2 Å². The van der Waals surface area contributed by atoms with Crippen molar-refractivity contribution < 1.29 is 14.3 Å². The minimum Gasteiger partial charge on any atom is -0.497 e. The number of carbonyl (C=O) groups is 2. The predicted molar refractivity (Wildman–Crippen MR) is 114 cm³/mol. The minimum atomic E-state index is -0.362. The van der Waals surface area contributed by atoms with E-state index in [0.717, 1.165) is 11.3 Å². The zero-order valence-electron chi connectivity index (χ0n) is 15.6. The van der Waals surface area contributed by atoms with Gasteiger partial charge in [0, 0.05) is 11.3 Å². The fraction of sp³-hybridized carbons (Fsp3) is 0.0455. The summed E-state index contributed by atoms with van der Waals surface area (Å²) in [5.74, 6) is 0.0588. The number of hydrazone groups is 1. The first kappa shape index (κ1) is 20.1. The van der Waals surface area contributed by atoms with Crippen molar-refractivity contribution in [3.05, 3.63) is 94.5 Å². The molecule has 0 bridgehead atoms. The molecule has 0 fully saturated rings. The molecule has 29 heavy (non-hydrogen) atoms. The second kappa shape index (κ2) is 9.52. The zero-order valence-corrected chi connectivity index (χ0v) is 16.3. The first-order valence-electron chi connectivity index (χ1n) is 8.70. The average molecular weight is 408 g/mol. The molecule has 3 aromatic rings. The number of ether oxygens (including phenoxy) is 1. The van der Waals surface area contributed by atoms with Crippen LogP contribution in [0.2, 0.25) is 5.02 Å². The molecule has 0 atom stereocenters. The summed E-state index contributed by atoms with van der Waals surface area (Å²) in [5, 5.41) is 7.06. The highest BCUT2D eigenvalue weighted by atomic mass is 35.5. The molecule has 0 aliphatic heterocycles. The molecule has 3 rings (SSSR count). The van der Waals surface area contributed by atoms with E-state index in [9.17, 15) is 9.59 Å². The number of carbonyl (C=O) groups excluding carboxylic acids is 2. The maximum absolute atomic E-state index is 12.3. The number of rotatable bonds is 6. The highest BCUT2D eigenvalue weighted by Crippen LogP contribution is 2.17. The summed E-state index contributed by atoms with van der Waals surface area (Å²) < 4.78 is 5.09. The molecule has 3 aromatic carbocycles. The number of nitrogens with zero attached hydrogens (tertiary/aromatic N) is 1. The molecule has 0 aliphatic carbocycles. The standard InChI is InChI=1S/C22H18ClN3O3/c1-29-18-12-6-15(7-13-18)14-24-26-21(27)16-8-10-17(11-9-16)25-22(28)19-4-2-3-5-20(19)23/h2-14H,1H3,(H,25,28)(H,26,27)/b24-14+.